The molecule has 0 aliphatic carbocycles. The van der Waals surface area contributed by atoms with Crippen molar-refractivity contribution in [1.82, 2.24) is 14.6 Å². The molecule has 7 nitrogen and oxygen atoms in total. The highest BCUT2D eigenvalue weighted by Crippen LogP contribution is 2.37. The Hall–Kier alpha value is -2.66. The van der Waals surface area contributed by atoms with E-state index in [0.717, 1.165) is 0 Å². The molecule has 160 valence electrons. The molecule has 0 amide bonds. The Morgan fingerprint density at radius 2 is 2.00 bits per heavy atom. The Kier molecular flexibility index (Phi) is 5.18. The second-order valence-corrected chi connectivity index (χ2v) is 8.05. The molecule has 0 unspecified atom stereocenters. The maximum atomic E-state index is 12.5. The van der Waals surface area contributed by atoms with Crippen molar-refractivity contribution in [3.8, 4) is 5.75 Å². The highest BCUT2D eigenvalue weighted by molar-refractivity contribution is 7.20. The summed E-state index contributed by atoms with van der Waals surface area (Å²) >= 11 is 1.29. The number of nitrogens with zero attached hydrogens (tertiary/aromatic N) is 4. The van der Waals surface area contributed by atoms with Crippen LogP contribution in [0.15, 0.2) is 35.1 Å². The van der Waals surface area contributed by atoms with Gasteiger partial charge in [-0.1, -0.05) is 30.4 Å². The van der Waals surface area contributed by atoms with Gasteiger partial charge in [0.1, 0.15) is 5.75 Å². The maximum absolute atomic E-state index is 12.5. The number of halogens is 3. The van der Waals surface area contributed by atoms with Crippen molar-refractivity contribution in [3.05, 3.63) is 51.9 Å². The second kappa shape index (κ2) is 7.55. The molecule has 1 aliphatic heterocycles. The van der Waals surface area contributed by atoms with Crippen LogP contribution in [-0.2, 0) is 12.0 Å². The molecule has 0 atom stereocenters. The lowest BCUT2D eigenvalue weighted by atomic mass is 9.84. The average molecular weight is 440 g/mol. The zero-order valence-electron chi connectivity index (χ0n) is 16.0. The molecule has 1 aromatic carbocycles. The van der Waals surface area contributed by atoms with E-state index in [2.05, 4.69) is 14.8 Å². The number of ether oxygens (including phenoxy) is 1. The lowest BCUT2D eigenvalue weighted by Gasteiger charge is -2.38. The first kappa shape index (κ1) is 20.6. The first-order valence-electron chi connectivity index (χ1n) is 9.40. The molecule has 30 heavy (non-hydrogen) atoms. The highest BCUT2D eigenvalue weighted by atomic mass is 32.1. The summed E-state index contributed by atoms with van der Waals surface area (Å²) in [6, 6.07) is 6.90. The van der Waals surface area contributed by atoms with Gasteiger partial charge in [-0.2, -0.15) is 4.52 Å². The van der Waals surface area contributed by atoms with Crippen LogP contribution in [0.5, 0.6) is 5.75 Å². The SMILES string of the molecule is CCc1cc(=O)n2nc(N3CCC(O)(c4cccc(OC(F)(F)F)c4)CC3)sc2n1. The number of rotatable bonds is 4. The number of aromatic nitrogens is 3. The average Bonchev–Trinajstić information content (AvgIpc) is 3.12. The van der Waals surface area contributed by atoms with Gasteiger partial charge in [0.2, 0.25) is 10.1 Å². The van der Waals surface area contributed by atoms with E-state index in [0.29, 0.717) is 53.7 Å². The van der Waals surface area contributed by atoms with Crippen LogP contribution in [0.1, 0.15) is 31.0 Å². The lowest BCUT2D eigenvalue weighted by molar-refractivity contribution is -0.274. The summed E-state index contributed by atoms with van der Waals surface area (Å²) < 4.78 is 42.7. The zero-order chi connectivity index (χ0) is 21.5. The number of hydrogen-bond acceptors (Lipinski definition) is 7. The van der Waals surface area contributed by atoms with E-state index in [1.54, 1.807) is 6.07 Å². The quantitative estimate of drug-likeness (QED) is 0.672. The van der Waals surface area contributed by atoms with Gasteiger partial charge in [-0.15, -0.1) is 18.3 Å². The van der Waals surface area contributed by atoms with Crippen LogP contribution in [0.25, 0.3) is 4.96 Å². The summed E-state index contributed by atoms with van der Waals surface area (Å²) in [7, 11) is 0. The maximum Gasteiger partial charge on any atom is 0.573 e. The van der Waals surface area contributed by atoms with Crippen molar-refractivity contribution in [3.63, 3.8) is 0 Å². The van der Waals surface area contributed by atoms with Crippen LogP contribution in [0.3, 0.4) is 0 Å². The molecule has 1 N–H and O–H groups in total. The summed E-state index contributed by atoms with van der Waals surface area (Å²) in [5, 5.41) is 16.0. The number of aliphatic hydroxyl groups is 1. The zero-order valence-corrected chi connectivity index (χ0v) is 16.8. The number of piperidine rings is 1. The molecule has 4 rings (SSSR count). The molecule has 11 heteroatoms. The summed E-state index contributed by atoms with van der Waals surface area (Å²) in [5.41, 5.74) is -0.444. The van der Waals surface area contributed by atoms with Gasteiger partial charge in [0.25, 0.3) is 5.56 Å². The van der Waals surface area contributed by atoms with Crippen molar-refractivity contribution in [2.24, 2.45) is 0 Å². The van der Waals surface area contributed by atoms with Crippen molar-refractivity contribution >= 4 is 21.4 Å². The minimum Gasteiger partial charge on any atom is -0.406 e. The molecule has 3 heterocycles. The number of benzene rings is 1. The second-order valence-electron chi connectivity index (χ2n) is 7.11. The summed E-state index contributed by atoms with van der Waals surface area (Å²) in [6.07, 6.45) is -3.56. The molecular weight excluding hydrogens is 421 g/mol. The lowest BCUT2D eigenvalue weighted by Crippen LogP contribution is -2.42. The third-order valence-corrected chi connectivity index (χ3v) is 6.08. The Balaban J connectivity index is 1.52. The van der Waals surface area contributed by atoms with Gasteiger partial charge in [0.15, 0.2) is 0 Å². The van der Waals surface area contributed by atoms with E-state index in [1.807, 2.05) is 11.8 Å². The molecule has 0 bridgehead atoms. The van der Waals surface area contributed by atoms with Crippen LogP contribution in [0, 0.1) is 0 Å². The van der Waals surface area contributed by atoms with Crippen LogP contribution >= 0.6 is 11.3 Å². The van der Waals surface area contributed by atoms with Crippen molar-refractivity contribution in [1.29, 1.82) is 0 Å². The van der Waals surface area contributed by atoms with E-state index in [1.165, 1.54) is 40.1 Å². The van der Waals surface area contributed by atoms with Crippen LogP contribution in [-0.4, -0.2) is 39.2 Å². The molecule has 1 aliphatic rings. The number of anilines is 1. The standard InChI is InChI=1S/C19H19F3N4O3S/c1-2-13-11-15(27)26-16(23-13)30-17(24-26)25-8-6-18(28,7-9-25)12-4-3-5-14(10-12)29-19(20,21)22/h3-5,10-11,28H,2,6-9H2,1H3. The number of hydrogen-bond donors (Lipinski definition) is 1. The molecule has 0 radical (unpaired) electrons. The van der Waals surface area contributed by atoms with Gasteiger partial charge in [-0.3, -0.25) is 4.79 Å². The monoisotopic (exact) mass is 440 g/mol. The van der Waals surface area contributed by atoms with Gasteiger partial charge in [0, 0.05) is 24.8 Å². The van der Waals surface area contributed by atoms with E-state index >= 15 is 0 Å². The fourth-order valence-electron chi connectivity index (χ4n) is 3.49. The molecule has 0 saturated carbocycles. The predicted molar refractivity (Wildman–Crippen MR) is 105 cm³/mol. The van der Waals surface area contributed by atoms with Gasteiger partial charge in [0.05, 0.1) is 5.60 Å². The number of fused-ring (bicyclic) bond motifs is 1. The van der Waals surface area contributed by atoms with E-state index < -0.39 is 12.0 Å². The van der Waals surface area contributed by atoms with Crippen LogP contribution < -0.4 is 15.2 Å². The van der Waals surface area contributed by atoms with Crippen molar-refractivity contribution < 1.29 is 23.0 Å². The molecule has 3 aromatic rings. The normalized spacial score (nSPS) is 16.8. The van der Waals surface area contributed by atoms with Gasteiger partial charge in [-0.25, -0.2) is 4.98 Å². The van der Waals surface area contributed by atoms with Gasteiger partial charge >= 0.3 is 6.36 Å². The summed E-state index contributed by atoms with van der Waals surface area (Å²) in [5.74, 6) is -0.362. The fraction of sp³-hybridized carbons (Fsp3) is 0.421. The molecule has 0 spiro atoms. The van der Waals surface area contributed by atoms with E-state index in [4.69, 9.17) is 0 Å². The minimum absolute atomic E-state index is 0.241. The fourth-order valence-corrected chi connectivity index (χ4v) is 4.47. The van der Waals surface area contributed by atoms with E-state index in [9.17, 15) is 23.1 Å². The highest BCUT2D eigenvalue weighted by Gasteiger charge is 2.36. The van der Waals surface area contributed by atoms with Crippen molar-refractivity contribution in [2.45, 2.75) is 38.1 Å². The largest absolute Gasteiger partial charge is 0.573 e. The smallest absolute Gasteiger partial charge is 0.406 e. The Morgan fingerprint density at radius 1 is 1.27 bits per heavy atom. The topological polar surface area (TPSA) is 80.0 Å². The molecular formula is C19H19F3N4O3S. The summed E-state index contributed by atoms with van der Waals surface area (Å²) in [4.78, 5) is 19.1. The molecule has 1 fully saturated rings. The number of aryl methyl sites for hydroxylation is 1. The predicted octanol–water partition coefficient (Wildman–Crippen LogP) is 3.10. The first-order valence-corrected chi connectivity index (χ1v) is 10.2. The third-order valence-electron chi connectivity index (χ3n) is 5.12. The first-order chi connectivity index (χ1) is 14.2. The van der Waals surface area contributed by atoms with Crippen LogP contribution in [0.4, 0.5) is 18.3 Å². The minimum atomic E-state index is -4.79. The number of alkyl halides is 3. The van der Waals surface area contributed by atoms with Gasteiger partial charge < -0.3 is 14.7 Å². The Bertz CT molecular complexity index is 1120. The van der Waals surface area contributed by atoms with Crippen LogP contribution in [0.2, 0.25) is 0 Å². The molecule has 1 saturated heterocycles. The van der Waals surface area contributed by atoms with E-state index in [-0.39, 0.29) is 11.3 Å². The van der Waals surface area contributed by atoms with Gasteiger partial charge in [-0.05, 0) is 37.0 Å². The van der Waals surface area contributed by atoms with Crippen molar-refractivity contribution in [2.75, 3.05) is 18.0 Å². The third kappa shape index (κ3) is 4.12. The Labute approximate surface area is 173 Å². The Morgan fingerprint density at radius 3 is 2.67 bits per heavy atom. The molecule has 2 aromatic heterocycles. The summed E-state index contributed by atoms with van der Waals surface area (Å²) in [6.45, 7) is 2.77.